The standard InChI is InChI=1S/C16H15NO3S/c1-20-14-5-2-12(3-6-14)11-17-9-8-13-4-7-15(21(18)19)10-16(13)17/h2-10H,11H2,1H3,(H,18,19). The fourth-order valence-corrected chi connectivity index (χ4v) is 2.73. The number of hydrogen-bond acceptors (Lipinski definition) is 2. The Kier molecular flexibility index (Phi) is 3.77. The lowest BCUT2D eigenvalue weighted by molar-refractivity contribution is 0.414. The van der Waals surface area contributed by atoms with Crippen molar-refractivity contribution in [1.82, 2.24) is 4.57 Å². The molecule has 1 N–H and O–H groups in total. The van der Waals surface area contributed by atoms with E-state index in [9.17, 15) is 8.76 Å². The Hall–Kier alpha value is -2.11. The van der Waals surface area contributed by atoms with Gasteiger partial charge in [0.15, 0.2) is 11.1 Å². The molecule has 0 radical (unpaired) electrons. The van der Waals surface area contributed by atoms with Crippen LogP contribution in [0.2, 0.25) is 0 Å². The third kappa shape index (κ3) is 2.84. The van der Waals surface area contributed by atoms with E-state index in [0.29, 0.717) is 11.4 Å². The SMILES string of the molecule is COc1ccc(Cn2ccc3ccc(S(=O)O)cc32)cc1. The number of benzene rings is 2. The smallest absolute Gasteiger partial charge is 0.186 e. The molecule has 21 heavy (non-hydrogen) atoms. The van der Waals surface area contributed by atoms with Gasteiger partial charge in [0, 0.05) is 18.3 Å². The molecular weight excluding hydrogens is 286 g/mol. The third-order valence-corrected chi connectivity index (χ3v) is 4.12. The van der Waals surface area contributed by atoms with Crippen molar-refractivity contribution in [3.63, 3.8) is 0 Å². The fraction of sp³-hybridized carbons (Fsp3) is 0.125. The second-order valence-corrected chi connectivity index (χ2v) is 5.73. The van der Waals surface area contributed by atoms with Gasteiger partial charge in [-0.2, -0.15) is 0 Å². The highest BCUT2D eigenvalue weighted by Crippen LogP contribution is 2.21. The molecule has 0 bridgehead atoms. The maximum Gasteiger partial charge on any atom is 0.186 e. The van der Waals surface area contributed by atoms with Crippen LogP contribution in [0.4, 0.5) is 0 Å². The Balaban J connectivity index is 1.95. The van der Waals surface area contributed by atoms with E-state index in [1.54, 1.807) is 19.2 Å². The van der Waals surface area contributed by atoms with Gasteiger partial charge < -0.3 is 13.9 Å². The minimum Gasteiger partial charge on any atom is -0.497 e. The monoisotopic (exact) mass is 301 g/mol. The van der Waals surface area contributed by atoms with E-state index in [0.717, 1.165) is 22.2 Å². The molecule has 5 heteroatoms. The van der Waals surface area contributed by atoms with Crippen LogP contribution < -0.4 is 4.74 Å². The number of rotatable bonds is 4. The van der Waals surface area contributed by atoms with Gasteiger partial charge in [-0.3, -0.25) is 0 Å². The molecule has 4 nitrogen and oxygen atoms in total. The Morgan fingerprint density at radius 2 is 1.90 bits per heavy atom. The molecule has 0 saturated heterocycles. The Morgan fingerprint density at radius 3 is 2.57 bits per heavy atom. The third-order valence-electron chi connectivity index (χ3n) is 3.46. The van der Waals surface area contributed by atoms with Crippen LogP contribution in [0, 0.1) is 0 Å². The summed E-state index contributed by atoms with van der Waals surface area (Å²) in [6, 6.07) is 15.2. The molecule has 0 fully saturated rings. The number of methoxy groups -OCH3 is 1. The summed E-state index contributed by atoms with van der Waals surface area (Å²) in [4.78, 5) is 0.414. The van der Waals surface area contributed by atoms with Crippen molar-refractivity contribution < 1.29 is 13.5 Å². The summed E-state index contributed by atoms with van der Waals surface area (Å²) in [7, 11) is 1.64. The van der Waals surface area contributed by atoms with Crippen LogP contribution in [0.1, 0.15) is 5.56 Å². The van der Waals surface area contributed by atoms with E-state index in [2.05, 4.69) is 4.57 Å². The Morgan fingerprint density at radius 1 is 1.14 bits per heavy atom. The molecule has 0 spiro atoms. The van der Waals surface area contributed by atoms with E-state index in [1.165, 1.54) is 0 Å². The molecule has 1 unspecified atom stereocenters. The van der Waals surface area contributed by atoms with Gasteiger partial charge in [-0.05, 0) is 41.3 Å². The summed E-state index contributed by atoms with van der Waals surface area (Å²) in [5, 5.41) is 1.05. The van der Waals surface area contributed by atoms with Crippen LogP contribution in [0.15, 0.2) is 59.6 Å². The van der Waals surface area contributed by atoms with Crippen molar-refractivity contribution in [3.8, 4) is 5.75 Å². The zero-order valence-corrected chi connectivity index (χ0v) is 12.3. The predicted octanol–water partition coefficient (Wildman–Crippen LogP) is 3.28. The molecular formula is C16H15NO3S. The molecule has 1 aromatic heterocycles. The van der Waals surface area contributed by atoms with Gasteiger partial charge in [0.2, 0.25) is 0 Å². The Bertz CT molecular complexity index is 793. The molecule has 0 aliphatic carbocycles. The molecule has 3 rings (SSSR count). The minimum atomic E-state index is -1.96. The summed E-state index contributed by atoms with van der Waals surface area (Å²) in [5.74, 6) is 0.828. The molecule has 0 saturated carbocycles. The molecule has 3 aromatic rings. The first kappa shape index (κ1) is 13.9. The van der Waals surface area contributed by atoms with Crippen LogP contribution in [0.3, 0.4) is 0 Å². The predicted molar refractivity (Wildman–Crippen MR) is 83.1 cm³/mol. The second kappa shape index (κ2) is 5.71. The largest absolute Gasteiger partial charge is 0.497 e. The first-order valence-corrected chi connectivity index (χ1v) is 7.61. The molecule has 0 amide bonds. The zero-order chi connectivity index (χ0) is 14.8. The molecule has 108 valence electrons. The van der Waals surface area contributed by atoms with Crippen LogP contribution in [0.25, 0.3) is 10.9 Å². The van der Waals surface area contributed by atoms with E-state index in [-0.39, 0.29) is 0 Å². The van der Waals surface area contributed by atoms with Gasteiger partial charge in [0.25, 0.3) is 0 Å². The maximum atomic E-state index is 11.2. The fourth-order valence-electron chi connectivity index (χ4n) is 2.34. The lowest BCUT2D eigenvalue weighted by Gasteiger charge is -2.07. The van der Waals surface area contributed by atoms with Crippen molar-refractivity contribution >= 4 is 22.0 Å². The van der Waals surface area contributed by atoms with Crippen molar-refractivity contribution in [1.29, 1.82) is 0 Å². The second-order valence-electron chi connectivity index (χ2n) is 4.76. The highest BCUT2D eigenvalue weighted by atomic mass is 32.2. The highest BCUT2D eigenvalue weighted by Gasteiger charge is 2.06. The molecule has 2 aromatic carbocycles. The van der Waals surface area contributed by atoms with Crippen LogP contribution in [0.5, 0.6) is 5.75 Å². The zero-order valence-electron chi connectivity index (χ0n) is 11.5. The van der Waals surface area contributed by atoms with Gasteiger partial charge >= 0.3 is 0 Å². The summed E-state index contributed by atoms with van der Waals surface area (Å²) < 4.78 is 27.6. The first-order valence-electron chi connectivity index (χ1n) is 6.50. The highest BCUT2D eigenvalue weighted by molar-refractivity contribution is 7.79. The summed E-state index contributed by atoms with van der Waals surface area (Å²) in [6.45, 7) is 0.703. The maximum absolute atomic E-state index is 11.2. The summed E-state index contributed by atoms with van der Waals surface area (Å²) >= 11 is -1.96. The van der Waals surface area contributed by atoms with E-state index >= 15 is 0 Å². The minimum absolute atomic E-state index is 0.414. The quantitative estimate of drug-likeness (QED) is 0.752. The first-order chi connectivity index (χ1) is 10.2. The van der Waals surface area contributed by atoms with Crippen LogP contribution in [-0.2, 0) is 17.6 Å². The van der Waals surface area contributed by atoms with Crippen molar-refractivity contribution in [2.75, 3.05) is 7.11 Å². The van der Waals surface area contributed by atoms with Gasteiger partial charge in [0.1, 0.15) is 5.75 Å². The topological polar surface area (TPSA) is 51.5 Å². The number of hydrogen-bond donors (Lipinski definition) is 1. The van der Waals surface area contributed by atoms with Gasteiger partial charge in [-0.1, -0.05) is 18.2 Å². The number of aromatic nitrogens is 1. The molecule has 0 aliphatic heterocycles. The number of fused-ring (bicyclic) bond motifs is 1. The van der Waals surface area contributed by atoms with E-state index < -0.39 is 11.1 Å². The number of nitrogens with zero attached hydrogens (tertiary/aromatic N) is 1. The normalized spacial score (nSPS) is 12.5. The van der Waals surface area contributed by atoms with Crippen LogP contribution >= 0.6 is 0 Å². The molecule has 1 heterocycles. The van der Waals surface area contributed by atoms with Gasteiger partial charge in [-0.25, -0.2) is 4.21 Å². The van der Waals surface area contributed by atoms with Gasteiger partial charge in [0.05, 0.1) is 12.0 Å². The van der Waals surface area contributed by atoms with Crippen molar-refractivity contribution in [3.05, 3.63) is 60.3 Å². The Labute approximate surface area is 125 Å². The van der Waals surface area contributed by atoms with E-state index in [4.69, 9.17) is 4.74 Å². The molecule has 0 aliphatic rings. The van der Waals surface area contributed by atoms with Gasteiger partial charge in [-0.15, -0.1) is 0 Å². The van der Waals surface area contributed by atoms with E-state index in [1.807, 2.05) is 42.6 Å². The van der Waals surface area contributed by atoms with Crippen LogP contribution in [-0.4, -0.2) is 20.4 Å². The lowest BCUT2D eigenvalue weighted by Crippen LogP contribution is -1.98. The summed E-state index contributed by atoms with van der Waals surface area (Å²) in [6.07, 6.45) is 1.99. The summed E-state index contributed by atoms with van der Waals surface area (Å²) in [5.41, 5.74) is 2.09. The van der Waals surface area contributed by atoms with Crippen molar-refractivity contribution in [2.24, 2.45) is 0 Å². The number of ether oxygens (including phenoxy) is 1. The average molecular weight is 301 g/mol. The average Bonchev–Trinajstić information content (AvgIpc) is 2.90. The molecule has 1 atom stereocenters. The lowest BCUT2D eigenvalue weighted by atomic mass is 10.2. The van der Waals surface area contributed by atoms with Crippen molar-refractivity contribution in [2.45, 2.75) is 11.4 Å².